The van der Waals surface area contributed by atoms with E-state index in [0.717, 1.165) is 27.3 Å². The molecule has 1 aliphatic rings. The van der Waals surface area contributed by atoms with Gasteiger partial charge >= 0.3 is 6.09 Å². The minimum absolute atomic E-state index is 0.00672. The van der Waals surface area contributed by atoms with Crippen LogP contribution in [-0.2, 0) is 28.8 Å². The number of aliphatic hydroxyl groups excluding tert-OH is 2. The number of aromatic nitrogens is 1. The molecule has 0 aromatic carbocycles. The Morgan fingerprint density at radius 3 is 3.00 bits per heavy atom. The van der Waals surface area contributed by atoms with Crippen LogP contribution in [0.2, 0.25) is 0 Å². The number of carbonyl (C=O) groups excluding carboxylic acids is 2. The van der Waals surface area contributed by atoms with Gasteiger partial charge in [-0.15, -0.1) is 11.3 Å². The second-order valence-corrected chi connectivity index (χ2v) is 9.27. The fraction of sp³-hybridized carbons (Fsp3) is 0.417. The topological polar surface area (TPSA) is 124 Å². The van der Waals surface area contributed by atoms with E-state index >= 15 is 0 Å². The Labute approximate surface area is 196 Å². The van der Waals surface area contributed by atoms with Crippen LogP contribution in [0, 0.1) is 17.2 Å². The van der Waals surface area contributed by atoms with E-state index in [9.17, 15) is 20.0 Å². The highest BCUT2D eigenvalue weighted by Crippen LogP contribution is 2.36. The third kappa shape index (κ3) is 6.71. The van der Waals surface area contributed by atoms with Crippen molar-refractivity contribution in [3.8, 4) is 6.07 Å². The molecule has 8 nitrogen and oxygen atoms in total. The Kier molecular flexibility index (Phi) is 8.72. The van der Waals surface area contributed by atoms with E-state index in [1.165, 1.54) is 29.4 Å². The summed E-state index contributed by atoms with van der Waals surface area (Å²) >= 11 is 1.49. The fourth-order valence-electron chi connectivity index (χ4n) is 3.74. The molecule has 1 amide bonds. The maximum atomic E-state index is 12.5. The van der Waals surface area contributed by atoms with E-state index in [4.69, 9.17) is 9.84 Å². The molecular weight excluding hydrogens is 442 g/mol. The van der Waals surface area contributed by atoms with Crippen LogP contribution in [0.25, 0.3) is 6.08 Å². The first kappa shape index (κ1) is 24.6. The minimum Gasteiger partial charge on any atom is -0.449 e. The zero-order chi connectivity index (χ0) is 23.8. The second kappa shape index (κ2) is 11.7. The Balaban J connectivity index is 1.59. The summed E-state index contributed by atoms with van der Waals surface area (Å²) in [5.41, 5.74) is 2.45. The molecule has 9 heteroatoms. The summed E-state index contributed by atoms with van der Waals surface area (Å²) in [6.45, 7) is -0.195. The molecule has 1 aliphatic carbocycles. The average Bonchev–Trinajstić information content (AvgIpc) is 3.17. The number of hydrogen-bond acceptors (Lipinski definition) is 8. The van der Waals surface area contributed by atoms with E-state index in [1.54, 1.807) is 24.5 Å². The van der Waals surface area contributed by atoms with Crippen LogP contribution < -0.4 is 0 Å². The number of amides is 1. The van der Waals surface area contributed by atoms with Crippen molar-refractivity contribution in [2.75, 3.05) is 26.8 Å². The predicted molar refractivity (Wildman–Crippen MR) is 124 cm³/mol. The van der Waals surface area contributed by atoms with Crippen molar-refractivity contribution in [1.29, 1.82) is 5.26 Å². The van der Waals surface area contributed by atoms with Gasteiger partial charge in [0.15, 0.2) is 5.78 Å². The number of pyridine rings is 1. The number of rotatable bonds is 9. The normalized spacial score (nSPS) is 16.1. The first-order valence-corrected chi connectivity index (χ1v) is 11.5. The smallest absolute Gasteiger partial charge is 0.409 e. The number of allylic oxidation sites excluding steroid dienone is 1. The van der Waals surface area contributed by atoms with Crippen molar-refractivity contribution in [3.05, 3.63) is 57.0 Å². The second-order valence-electron chi connectivity index (χ2n) is 8.08. The molecule has 0 aliphatic heterocycles. The SMILES string of the molecule is CN(CC(O)CO)C(=O)OCC1CCc2c(sc(CC(=O)/C=C/c3cccnc3)c2C#N)C1. The van der Waals surface area contributed by atoms with Crippen molar-refractivity contribution in [2.45, 2.75) is 31.8 Å². The average molecular weight is 470 g/mol. The number of likely N-dealkylation sites (N-methyl/N-ethyl adjacent to an activating group) is 1. The molecule has 0 radical (unpaired) electrons. The third-order valence-corrected chi connectivity index (χ3v) is 6.74. The van der Waals surface area contributed by atoms with Crippen molar-refractivity contribution in [1.82, 2.24) is 9.88 Å². The lowest BCUT2D eigenvalue weighted by atomic mass is 9.87. The Hall–Kier alpha value is -3.06. The standard InChI is InChI=1S/C24H27N3O5S/c1-27(13-19(30)14-28)24(31)32-15-17-5-7-20-21(11-25)23(33-22(20)9-17)10-18(29)6-4-16-3-2-8-26-12-16/h2-4,6,8,12,17,19,28,30H,5,7,9-10,13-15H2,1H3/b6-4+. The van der Waals surface area contributed by atoms with E-state index in [0.29, 0.717) is 18.4 Å². The lowest BCUT2D eigenvalue weighted by Gasteiger charge is -2.24. The van der Waals surface area contributed by atoms with Gasteiger partial charge in [-0.1, -0.05) is 6.07 Å². The summed E-state index contributed by atoms with van der Waals surface area (Å²) in [6.07, 6.45) is 7.37. The van der Waals surface area contributed by atoms with Gasteiger partial charge in [-0.05, 0) is 54.5 Å². The van der Waals surface area contributed by atoms with Gasteiger partial charge in [0.1, 0.15) is 6.07 Å². The van der Waals surface area contributed by atoms with Gasteiger partial charge in [0.25, 0.3) is 0 Å². The van der Waals surface area contributed by atoms with Crippen LogP contribution in [0.15, 0.2) is 30.6 Å². The highest BCUT2D eigenvalue weighted by molar-refractivity contribution is 7.12. The molecule has 174 valence electrons. The van der Waals surface area contributed by atoms with Gasteiger partial charge in [-0.2, -0.15) is 5.26 Å². The number of nitrogens with zero attached hydrogens (tertiary/aromatic N) is 3. The summed E-state index contributed by atoms with van der Waals surface area (Å²) in [4.78, 5) is 31.7. The van der Waals surface area contributed by atoms with E-state index in [1.807, 2.05) is 6.07 Å². The first-order valence-electron chi connectivity index (χ1n) is 10.7. The van der Waals surface area contributed by atoms with Crippen LogP contribution in [0.1, 0.15) is 32.9 Å². The predicted octanol–water partition coefficient (Wildman–Crippen LogP) is 2.37. The maximum Gasteiger partial charge on any atom is 0.409 e. The minimum atomic E-state index is -1.00. The molecule has 0 fully saturated rings. The summed E-state index contributed by atoms with van der Waals surface area (Å²) in [5.74, 6) is 0.0457. The first-order chi connectivity index (χ1) is 15.9. The van der Waals surface area contributed by atoms with Crippen LogP contribution in [-0.4, -0.2) is 64.9 Å². The Morgan fingerprint density at radius 2 is 2.30 bits per heavy atom. The molecule has 0 saturated carbocycles. The lowest BCUT2D eigenvalue weighted by Crippen LogP contribution is -2.37. The quantitative estimate of drug-likeness (QED) is 0.540. The highest BCUT2D eigenvalue weighted by Gasteiger charge is 2.27. The molecule has 2 atom stereocenters. The summed E-state index contributed by atoms with van der Waals surface area (Å²) in [7, 11) is 1.50. The van der Waals surface area contributed by atoms with Crippen molar-refractivity contribution >= 4 is 29.3 Å². The van der Waals surface area contributed by atoms with E-state index < -0.39 is 18.8 Å². The van der Waals surface area contributed by atoms with E-state index in [2.05, 4.69) is 11.1 Å². The van der Waals surface area contributed by atoms with Crippen LogP contribution in [0.5, 0.6) is 0 Å². The van der Waals surface area contributed by atoms with Gasteiger partial charge in [0.2, 0.25) is 0 Å². The molecule has 0 saturated heterocycles. The molecule has 2 aromatic rings. The number of thiophene rings is 1. The molecule has 2 unspecified atom stereocenters. The molecule has 2 N–H and O–H groups in total. The zero-order valence-electron chi connectivity index (χ0n) is 18.4. The number of ether oxygens (including phenoxy) is 1. The van der Waals surface area contributed by atoms with Crippen molar-refractivity contribution in [3.63, 3.8) is 0 Å². The van der Waals surface area contributed by atoms with Crippen LogP contribution >= 0.6 is 11.3 Å². The highest BCUT2D eigenvalue weighted by atomic mass is 32.1. The zero-order valence-corrected chi connectivity index (χ0v) is 19.3. The summed E-state index contributed by atoms with van der Waals surface area (Å²) in [6, 6.07) is 5.94. The molecule has 33 heavy (non-hydrogen) atoms. The monoisotopic (exact) mass is 469 g/mol. The van der Waals surface area contributed by atoms with Gasteiger partial charge in [-0.3, -0.25) is 9.78 Å². The molecule has 2 heterocycles. The number of fused-ring (bicyclic) bond motifs is 1. The molecule has 0 spiro atoms. The van der Waals surface area contributed by atoms with Crippen molar-refractivity contribution < 1.29 is 24.5 Å². The maximum absolute atomic E-state index is 12.5. The van der Waals surface area contributed by atoms with Crippen LogP contribution in [0.3, 0.4) is 0 Å². The number of carbonyl (C=O) groups is 2. The lowest BCUT2D eigenvalue weighted by molar-refractivity contribution is -0.113. The van der Waals surface area contributed by atoms with Crippen molar-refractivity contribution in [2.24, 2.45) is 5.92 Å². The molecular formula is C24H27N3O5S. The number of hydrogen-bond donors (Lipinski definition) is 2. The largest absolute Gasteiger partial charge is 0.449 e. The van der Waals surface area contributed by atoms with Gasteiger partial charge < -0.3 is 19.8 Å². The number of nitriles is 1. The van der Waals surface area contributed by atoms with Gasteiger partial charge in [0.05, 0.1) is 31.4 Å². The van der Waals surface area contributed by atoms with Gasteiger partial charge in [-0.25, -0.2) is 4.79 Å². The molecule has 3 rings (SSSR count). The fourth-order valence-corrected chi connectivity index (χ4v) is 5.17. The van der Waals surface area contributed by atoms with Crippen LogP contribution in [0.4, 0.5) is 4.79 Å². The summed E-state index contributed by atoms with van der Waals surface area (Å²) in [5, 5.41) is 28.0. The third-order valence-electron chi connectivity index (χ3n) is 5.48. The number of aliphatic hydroxyl groups is 2. The Bertz CT molecular complexity index is 1040. The number of ketones is 1. The van der Waals surface area contributed by atoms with E-state index in [-0.39, 0.29) is 31.3 Å². The summed E-state index contributed by atoms with van der Waals surface area (Å²) < 4.78 is 5.37. The molecule has 2 aromatic heterocycles. The Morgan fingerprint density at radius 1 is 1.48 bits per heavy atom. The molecule has 0 bridgehead atoms. The van der Waals surface area contributed by atoms with Gasteiger partial charge in [0, 0.05) is 35.6 Å².